The number of benzene rings is 1. The van der Waals surface area contributed by atoms with E-state index in [0.717, 1.165) is 42.4 Å². The van der Waals surface area contributed by atoms with Crippen molar-refractivity contribution >= 4 is 28.5 Å². The average Bonchev–Trinajstić information content (AvgIpc) is 2.87. The van der Waals surface area contributed by atoms with E-state index in [9.17, 15) is 4.79 Å². The summed E-state index contributed by atoms with van der Waals surface area (Å²) in [6.07, 6.45) is 4.47. The van der Waals surface area contributed by atoms with Crippen molar-refractivity contribution in [2.24, 2.45) is 0 Å². The van der Waals surface area contributed by atoms with Gasteiger partial charge in [0, 0.05) is 36.8 Å². The Morgan fingerprint density at radius 3 is 3.05 bits per heavy atom. The van der Waals surface area contributed by atoms with E-state index in [1.54, 1.807) is 6.26 Å². The molecule has 1 aromatic heterocycles. The van der Waals surface area contributed by atoms with Crippen molar-refractivity contribution < 1.29 is 13.9 Å². The molecule has 0 radical (unpaired) electrons. The van der Waals surface area contributed by atoms with Crippen LogP contribution in [0.25, 0.3) is 11.0 Å². The second kappa shape index (κ2) is 7.16. The molecule has 118 valence electrons. The lowest BCUT2D eigenvalue weighted by molar-refractivity contribution is -0.131. The maximum Gasteiger partial charge on any atom is 0.238 e. The van der Waals surface area contributed by atoms with Crippen LogP contribution in [0.15, 0.2) is 34.9 Å². The van der Waals surface area contributed by atoms with Crippen molar-refractivity contribution in [3.63, 3.8) is 0 Å². The van der Waals surface area contributed by atoms with Gasteiger partial charge in [0.2, 0.25) is 5.91 Å². The molecular weight excluding hydrogens is 302 g/mol. The van der Waals surface area contributed by atoms with Crippen molar-refractivity contribution in [2.45, 2.75) is 31.8 Å². The van der Waals surface area contributed by atoms with Crippen molar-refractivity contribution in [1.82, 2.24) is 4.90 Å². The van der Waals surface area contributed by atoms with Gasteiger partial charge >= 0.3 is 0 Å². The normalized spacial score (nSPS) is 19.0. The zero-order chi connectivity index (χ0) is 15.4. The Morgan fingerprint density at radius 1 is 1.27 bits per heavy atom. The van der Waals surface area contributed by atoms with Crippen LogP contribution in [0.2, 0.25) is 0 Å². The third-order valence-electron chi connectivity index (χ3n) is 4.20. The molecule has 0 spiro atoms. The number of halogens is 1. The fraction of sp³-hybridized carbons (Fsp3) is 0.471. The van der Waals surface area contributed by atoms with E-state index < -0.39 is 0 Å². The molecule has 2 aromatic rings. The fourth-order valence-electron chi connectivity index (χ4n) is 3.06. The van der Waals surface area contributed by atoms with Gasteiger partial charge in [0.1, 0.15) is 11.5 Å². The predicted octanol–water partition coefficient (Wildman–Crippen LogP) is 3.57. The lowest BCUT2D eigenvalue weighted by Crippen LogP contribution is -2.40. The lowest BCUT2D eigenvalue weighted by Gasteiger charge is -2.30. The highest BCUT2D eigenvalue weighted by Crippen LogP contribution is 2.24. The van der Waals surface area contributed by atoms with Gasteiger partial charge in [-0.15, -0.1) is 11.6 Å². The van der Waals surface area contributed by atoms with Crippen LogP contribution in [0.3, 0.4) is 0 Å². The van der Waals surface area contributed by atoms with Gasteiger partial charge < -0.3 is 14.1 Å². The third-order valence-corrected chi connectivity index (χ3v) is 4.43. The quantitative estimate of drug-likeness (QED) is 0.808. The second-order valence-corrected chi connectivity index (χ2v) is 5.88. The Hall–Kier alpha value is -1.52. The maximum atomic E-state index is 12.3. The minimum atomic E-state index is -0.0304. The molecule has 4 nitrogen and oxygen atoms in total. The zero-order valence-corrected chi connectivity index (χ0v) is 13.2. The summed E-state index contributed by atoms with van der Waals surface area (Å²) in [6, 6.07) is 8.13. The first-order chi connectivity index (χ1) is 10.8. The summed E-state index contributed by atoms with van der Waals surface area (Å²) >= 11 is 5.82. The first kappa shape index (κ1) is 15.4. The number of ether oxygens (including phenoxy) is 1. The zero-order valence-electron chi connectivity index (χ0n) is 12.5. The number of fused-ring (bicyclic) bond motifs is 1. The number of alkyl halides is 1. The van der Waals surface area contributed by atoms with E-state index in [1.807, 2.05) is 29.2 Å². The van der Waals surface area contributed by atoms with Gasteiger partial charge in [0.25, 0.3) is 0 Å². The van der Waals surface area contributed by atoms with Gasteiger partial charge in [-0.25, -0.2) is 0 Å². The number of para-hydroxylation sites is 1. The summed E-state index contributed by atoms with van der Waals surface area (Å²) in [4.78, 5) is 14.2. The largest absolute Gasteiger partial charge is 0.464 e. The van der Waals surface area contributed by atoms with E-state index >= 15 is 0 Å². The van der Waals surface area contributed by atoms with Crippen molar-refractivity contribution in [2.75, 3.05) is 19.1 Å². The summed E-state index contributed by atoms with van der Waals surface area (Å²) in [7, 11) is 0. The molecule has 22 heavy (non-hydrogen) atoms. The van der Waals surface area contributed by atoms with Crippen LogP contribution in [0, 0.1) is 0 Å². The molecule has 0 N–H and O–H groups in total. The van der Waals surface area contributed by atoms with Crippen LogP contribution < -0.4 is 0 Å². The van der Waals surface area contributed by atoms with E-state index in [4.69, 9.17) is 20.8 Å². The van der Waals surface area contributed by atoms with Crippen LogP contribution in [0.5, 0.6) is 0 Å². The highest BCUT2D eigenvalue weighted by atomic mass is 35.5. The summed E-state index contributed by atoms with van der Waals surface area (Å²) in [5.41, 5.74) is 1.87. The molecule has 1 saturated heterocycles. The first-order valence-electron chi connectivity index (χ1n) is 7.68. The van der Waals surface area contributed by atoms with E-state index in [0.29, 0.717) is 13.2 Å². The van der Waals surface area contributed by atoms with E-state index in [-0.39, 0.29) is 17.8 Å². The number of nitrogens with zero attached hydrogens (tertiary/aromatic N) is 1. The van der Waals surface area contributed by atoms with Crippen LogP contribution in [0.1, 0.15) is 24.8 Å². The van der Waals surface area contributed by atoms with Crippen LogP contribution in [-0.2, 0) is 16.1 Å². The molecule has 1 unspecified atom stereocenters. The minimum absolute atomic E-state index is 0.00544. The number of hydrogen-bond acceptors (Lipinski definition) is 3. The summed E-state index contributed by atoms with van der Waals surface area (Å²) in [5, 5.41) is 1.06. The van der Waals surface area contributed by atoms with E-state index in [1.165, 1.54) is 0 Å². The number of carbonyl (C=O) groups excluding carboxylic acids is 1. The fourth-order valence-corrected chi connectivity index (χ4v) is 3.21. The third kappa shape index (κ3) is 3.28. The monoisotopic (exact) mass is 321 g/mol. The lowest BCUT2D eigenvalue weighted by atomic mass is 10.1. The Balaban J connectivity index is 1.86. The first-order valence-corrected chi connectivity index (χ1v) is 8.21. The summed E-state index contributed by atoms with van der Waals surface area (Å²) < 4.78 is 11.1. The Kier molecular flexibility index (Phi) is 5.01. The van der Waals surface area contributed by atoms with Gasteiger partial charge in [-0.2, -0.15) is 0 Å². The minimum Gasteiger partial charge on any atom is -0.464 e. The molecule has 1 aromatic carbocycles. The summed E-state index contributed by atoms with van der Waals surface area (Å²) in [6.45, 7) is 2.00. The Labute approximate surface area is 135 Å². The number of carbonyl (C=O) groups is 1. The number of furan rings is 1. The standard InChI is InChI=1S/C17H20ClNO3/c18-11-16(20)19(15-5-2-8-21-9-7-15)12-14-4-1-3-13-6-10-22-17(13)14/h1,3-4,6,10,15H,2,5,7-9,11-12H2. The van der Waals surface area contributed by atoms with Crippen molar-refractivity contribution in [3.05, 3.63) is 36.1 Å². The van der Waals surface area contributed by atoms with Gasteiger partial charge in [0.15, 0.2) is 0 Å². The van der Waals surface area contributed by atoms with Gasteiger partial charge in [-0.3, -0.25) is 4.79 Å². The molecule has 5 heteroatoms. The number of hydrogen-bond donors (Lipinski definition) is 0. The van der Waals surface area contributed by atoms with Crippen LogP contribution >= 0.6 is 11.6 Å². The molecule has 0 bridgehead atoms. The SMILES string of the molecule is O=C(CCl)N(Cc1cccc2ccoc12)C1CCCOCC1. The van der Waals surface area contributed by atoms with Crippen LogP contribution in [-0.4, -0.2) is 35.9 Å². The van der Waals surface area contributed by atoms with Crippen LogP contribution in [0.4, 0.5) is 0 Å². The average molecular weight is 322 g/mol. The predicted molar refractivity (Wildman–Crippen MR) is 85.9 cm³/mol. The topological polar surface area (TPSA) is 42.7 Å². The van der Waals surface area contributed by atoms with Crippen molar-refractivity contribution in [3.8, 4) is 0 Å². The highest BCUT2D eigenvalue weighted by Gasteiger charge is 2.25. The smallest absolute Gasteiger partial charge is 0.238 e. The molecule has 1 aliphatic heterocycles. The van der Waals surface area contributed by atoms with Gasteiger partial charge in [-0.05, 0) is 25.3 Å². The molecule has 1 amide bonds. The molecule has 1 fully saturated rings. The van der Waals surface area contributed by atoms with Crippen molar-refractivity contribution in [1.29, 1.82) is 0 Å². The van der Waals surface area contributed by atoms with Gasteiger partial charge in [-0.1, -0.05) is 18.2 Å². The highest BCUT2D eigenvalue weighted by molar-refractivity contribution is 6.27. The molecule has 3 rings (SSSR count). The summed E-state index contributed by atoms with van der Waals surface area (Å²) in [5.74, 6) is -0.0250. The maximum absolute atomic E-state index is 12.3. The second-order valence-electron chi connectivity index (χ2n) is 5.61. The Morgan fingerprint density at radius 2 is 2.18 bits per heavy atom. The number of rotatable bonds is 4. The molecule has 0 saturated carbocycles. The molecule has 0 aliphatic carbocycles. The molecular formula is C17H20ClNO3. The molecule has 1 aliphatic rings. The molecule has 1 atom stereocenters. The van der Waals surface area contributed by atoms with E-state index in [2.05, 4.69) is 0 Å². The Bertz CT molecular complexity index is 632. The molecule has 2 heterocycles. The number of amides is 1. The van der Waals surface area contributed by atoms with Gasteiger partial charge in [0.05, 0.1) is 6.26 Å².